The molecule has 1 atom stereocenters. The molecule has 0 saturated heterocycles. The summed E-state index contributed by atoms with van der Waals surface area (Å²) >= 11 is 1.42. The fraction of sp³-hybridized carbons (Fsp3) is 0.533. The molecule has 0 aliphatic heterocycles. The minimum Gasteiger partial charge on any atom is -0.395 e. The van der Waals surface area contributed by atoms with E-state index < -0.39 is 0 Å². The number of aryl methyl sites for hydroxylation is 1. The van der Waals surface area contributed by atoms with Crippen LogP contribution in [0.15, 0.2) is 5.38 Å². The van der Waals surface area contributed by atoms with Gasteiger partial charge in [-0.25, -0.2) is 9.97 Å². The SMILES string of the molecule is CNc1nc(C(=O)NC2CCc3c(nc(C)n3CCO)C2)cs1. The summed E-state index contributed by atoms with van der Waals surface area (Å²) < 4.78 is 2.08. The summed E-state index contributed by atoms with van der Waals surface area (Å²) in [4.78, 5) is 21.1. The first kappa shape index (κ1) is 15.9. The van der Waals surface area contributed by atoms with Crippen LogP contribution in [-0.2, 0) is 19.4 Å². The van der Waals surface area contributed by atoms with Gasteiger partial charge in [0.05, 0.1) is 12.3 Å². The van der Waals surface area contributed by atoms with E-state index in [1.807, 2.05) is 6.92 Å². The van der Waals surface area contributed by atoms with Gasteiger partial charge in [-0.1, -0.05) is 0 Å². The molecule has 23 heavy (non-hydrogen) atoms. The largest absolute Gasteiger partial charge is 0.395 e. The molecule has 8 heteroatoms. The molecule has 3 rings (SSSR count). The van der Waals surface area contributed by atoms with Crippen molar-refractivity contribution in [1.29, 1.82) is 0 Å². The highest BCUT2D eigenvalue weighted by Gasteiger charge is 2.26. The van der Waals surface area contributed by atoms with Crippen LogP contribution in [0, 0.1) is 6.92 Å². The van der Waals surface area contributed by atoms with Gasteiger partial charge in [0.15, 0.2) is 5.13 Å². The molecule has 0 spiro atoms. The molecule has 3 N–H and O–H groups in total. The molecular formula is C15H21N5O2S. The zero-order valence-electron chi connectivity index (χ0n) is 13.3. The zero-order valence-corrected chi connectivity index (χ0v) is 14.1. The fourth-order valence-corrected chi connectivity index (χ4v) is 3.68. The van der Waals surface area contributed by atoms with Gasteiger partial charge in [0, 0.05) is 37.1 Å². The summed E-state index contributed by atoms with van der Waals surface area (Å²) in [5.74, 6) is 0.789. The highest BCUT2D eigenvalue weighted by molar-refractivity contribution is 7.13. The molecule has 0 aromatic carbocycles. The van der Waals surface area contributed by atoms with Gasteiger partial charge >= 0.3 is 0 Å². The summed E-state index contributed by atoms with van der Waals surface area (Å²) in [6, 6.07) is 0.0756. The maximum Gasteiger partial charge on any atom is 0.271 e. The number of aliphatic hydroxyl groups excluding tert-OH is 1. The van der Waals surface area contributed by atoms with Crippen molar-refractivity contribution >= 4 is 22.4 Å². The quantitative estimate of drug-likeness (QED) is 0.757. The second-order valence-electron chi connectivity index (χ2n) is 5.63. The molecule has 2 heterocycles. The first-order valence-electron chi connectivity index (χ1n) is 7.72. The van der Waals surface area contributed by atoms with Gasteiger partial charge in [0.25, 0.3) is 5.91 Å². The predicted octanol–water partition coefficient (Wildman–Crippen LogP) is 0.969. The molecule has 0 saturated carbocycles. The third kappa shape index (κ3) is 3.23. The van der Waals surface area contributed by atoms with E-state index >= 15 is 0 Å². The molecule has 0 fully saturated rings. The average Bonchev–Trinajstić information content (AvgIpc) is 3.13. The number of thiazole rings is 1. The third-order valence-electron chi connectivity index (χ3n) is 4.13. The van der Waals surface area contributed by atoms with Crippen LogP contribution in [0.3, 0.4) is 0 Å². The Morgan fingerprint density at radius 1 is 1.52 bits per heavy atom. The van der Waals surface area contributed by atoms with Crippen molar-refractivity contribution in [3.63, 3.8) is 0 Å². The van der Waals surface area contributed by atoms with Crippen LogP contribution in [-0.4, -0.2) is 45.2 Å². The van der Waals surface area contributed by atoms with Crippen LogP contribution in [0.4, 0.5) is 5.13 Å². The molecule has 0 bridgehead atoms. The third-order valence-corrected chi connectivity index (χ3v) is 4.98. The van der Waals surface area contributed by atoms with Crippen molar-refractivity contribution in [2.45, 2.75) is 38.8 Å². The number of carbonyl (C=O) groups is 1. The van der Waals surface area contributed by atoms with Crippen LogP contribution < -0.4 is 10.6 Å². The highest BCUT2D eigenvalue weighted by atomic mass is 32.1. The number of hydrogen-bond acceptors (Lipinski definition) is 6. The summed E-state index contributed by atoms with van der Waals surface area (Å²) in [5, 5.41) is 17.6. The second-order valence-corrected chi connectivity index (χ2v) is 6.49. The summed E-state index contributed by atoms with van der Waals surface area (Å²) in [6.07, 6.45) is 2.46. The number of fused-ring (bicyclic) bond motifs is 1. The van der Waals surface area contributed by atoms with E-state index in [-0.39, 0.29) is 18.6 Å². The number of nitrogens with zero attached hydrogens (tertiary/aromatic N) is 3. The summed E-state index contributed by atoms with van der Waals surface area (Å²) in [7, 11) is 1.79. The first-order valence-corrected chi connectivity index (χ1v) is 8.60. The number of anilines is 1. The van der Waals surface area contributed by atoms with E-state index in [4.69, 9.17) is 5.11 Å². The summed E-state index contributed by atoms with van der Waals surface area (Å²) in [6.45, 7) is 2.65. The Morgan fingerprint density at radius 3 is 3.04 bits per heavy atom. The number of hydrogen-bond donors (Lipinski definition) is 3. The molecule has 1 amide bonds. The Labute approximate surface area is 138 Å². The smallest absolute Gasteiger partial charge is 0.271 e. The number of aromatic nitrogens is 3. The number of amides is 1. The Morgan fingerprint density at radius 2 is 2.35 bits per heavy atom. The van der Waals surface area contributed by atoms with Crippen molar-refractivity contribution in [2.75, 3.05) is 19.0 Å². The number of aliphatic hydroxyl groups is 1. The van der Waals surface area contributed by atoms with Gasteiger partial charge in [0.1, 0.15) is 11.5 Å². The van der Waals surface area contributed by atoms with Crippen molar-refractivity contribution in [3.05, 3.63) is 28.3 Å². The molecule has 124 valence electrons. The lowest BCUT2D eigenvalue weighted by molar-refractivity contribution is 0.0929. The van der Waals surface area contributed by atoms with Crippen molar-refractivity contribution in [2.24, 2.45) is 0 Å². The maximum atomic E-state index is 12.3. The topological polar surface area (TPSA) is 92.1 Å². The van der Waals surface area contributed by atoms with E-state index in [0.717, 1.165) is 35.9 Å². The van der Waals surface area contributed by atoms with Crippen LogP contribution in [0.5, 0.6) is 0 Å². The van der Waals surface area contributed by atoms with Gasteiger partial charge < -0.3 is 20.3 Å². The van der Waals surface area contributed by atoms with Crippen molar-refractivity contribution in [1.82, 2.24) is 19.9 Å². The molecule has 2 aromatic heterocycles. The standard InChI is InChI=1S/C15H21N5O2S/c1-9-17-11-7-10(3-4-13(11)20(9)5-6-21)18-14(22)12-8-23-15(16-2)19-12/h8,10,21H,3-7H2,1-2H3,(H,16,19)(H,18,22). The lowest BCUT2D eigenvalue weighted by atomic mass is 9.95. The number of nitrogens with one attached hydrogen (secondary N) is 2. The van der Waals surface area contributed by atoms with Gasteiger partial charge in [-0.15, -0.1) is 11.3 Å². The van der Waals surface area contributed by atoms with Crippen molar-refractivity contribution in [3.8, 4) is 0 Å². The molecule has 1 unspecified atom stereocenters. The first-order chi connectivity index (χ1) is 11.1. The lowest BCUT2D eigenvalue weighted by Gasteiger charge is -2.23. The summed E-state index contributed by atoms with van der Waals surface area (Å²) in [5.41, 5.74) is 2.67. The van der Waals surface area contributed by atoms with Crippen LogP contribution >= 0.6 is 11.3 Å². The van der Waals surface area contributed by atoms with Crippen LogP contribution in [0.2, 0.25) is 0 Å². The molecule has 2 aromatic rings. The molecule has 0 radical (unpaired) electrons. The van der Waals surface area contributed by atoms with Crippen LogP contribution in [0.1, 0.15) is 34.1 Å². The fourth-order valence-electron chi connectivity index (χ4n) is 3.03. The Balaban J connectivity index is 1.67. The maximum absolute atomic E-state index is 12.3. The van der Waals surface area contributed by atoms with Gasteiger partial charge in [-0.2, -0.15) is 0 Å². The van der Waals surface area contributed by atoms with E-state index in [0.29, 0.717) is 12.2 Å². The number of rotatable bonds is 5. The van der Waals surface area contributed by atoms with Crippen molar-refractivity contribution < 1.29 is 9.90 Å². The number of imidazole rings is 1. The normalized spacial score (nSPS) is 16.9. The molecule has 1 aliphatic rings. The Bertz CT molecular complexity index is 709. The highest BCUT2D eigenvalue weighted by Crippen LogP contribution is 2.23. The van der Waals surface area contributed by atoms with Gasteiger partial charge in [-0.3, -0.25) is 4.79 Å². The van der Waals surface area contributed by atoms with E-state index in [1.54, 1.807) is 12.4 Å². The monoisotopic (exact) mass is 335 g/mol. The average molecular weight is 335 g/mol. The molecular weight excluding hydrogens is 314 g/mol. The van der Waals surface area contributed by atoms with Gasteiger partial charge in [0.2, 0.25) is 0 Å². The lowest BCUT2D eigenvalue weighted by Crippen LogP contribution is -2.39. The van der Waals surface area contributed by atoms with E-state index in [9.17, 15) is 4.79 Å². The number of carbonyl (C=O) groups excluding carboxylic acids is 1. The molecule has 7 nitrogen and oxygen atoms in total. The van der Waals surface area contributed by atoms with E-state index in [1.165, 1.54) is 17.0 Å². The Hall–Kier alpha value is -1.93. The van der Waals surface area contributed by atoms with E-state index in [2.05, 4.69) is 25.2 Å². The minimum atomic E-state index is -0.136. The molecule has 1 aliphatic carbocycles. The Kier molecular flexibility index (Phi) is 4.63. The predicted molar refractivity (Wildman–Crippen MR) is 89.0 cm³/mol. The zero-order chi connectivity index (χ0) is 16.4. The minimum absolute atomic E-state index is 0.0756. The van der Waals surface area contributed by atoms with Crippen LogP contribution in [0.25, 0.3) is 0 Å². The second kappa shape index (κ2) is 6.67. The van der Waals surface area contributed by atoms with Gasteiger partial charge in [-0.05, 0) is 19.8 Å².